The highest BCUT2D eigenvalue weighted by atomic mass is 19.4. The molecule has 30 heavy (non-hydrogen) atoms. The number of aromatic nitrogens is 3. The summed E-state index contributed by atoms with van der Waals surface area (Å²) in [5.41, 5.74) is 0.139. The molecule has 164 valence electrons. The van der Waals surface area contributed by atoms with Crippen molar-refractivity contribution in [2.45, 2.75) is 56.5 Å². The van der Waals surface area contributed by atoms with Gasteiger partial charge in [-0.1, -0.05) is 0 Å². The molecule has 1 aliphatic heterocycles. The largest absolute Gasteiger partial charge is 0.453 e. The van der Waals surface area contributed by atoms with Crippen molar-refractivity contribution in [1.29, 1.82) is 0 Å². The fourth-order valence-corrected chi connectivity index (χ4v) is 4.58. The van der Waals surface area contributed by atoms with E-state index in [1.165, 1.54) is 4.68 Å². The van der Waals surface area contributed by atoms with Crippen LogP contribution in [0.1, 0.15) is 42.4 Å². The van der Waals surface area contributed by atoms with Crippen LogP contribution in [-0.2, 0) is 19.3 Å². The smallest absolute Gasteiger partial charge is 0.316 e. The lowest BCUT2D eigenvalue weighted by atomic mass is 9.77. The van der Waals surface area contributed by atoms with Crippen LogP contribution >= 0.6 is 0 Å². The first-order valence-electron chi connectivity index (χ1n) is 9.74. The Kier molecular flexibility index (Phi) is 5.52. The molecule has 1 aliphatic carbocycles. The van der Waals surface area contributed by atoms with Gasteiger partial charge in [-0.05, 0) is 37.9 Å². The van der Waals surface area contributed by atoms with Crippen molar-refractivity contribution in [2.24, 2.45) is 0 Å². The third-order valence-electron chi connectivity index (χ3n) is 6.09. The minimum Gasteiger partial charge on any atom is -0.316 e. The third kappa shape index (κ3) is 3.92. The zero-order valence-corrected chi connectivity index (χ0v) is 16.2. The molecule has 2 aliphatic rings. The number of nitrogens with zero attached hydrogens (tertiary/aromatic N) is 4. The predicted molar refractivity (Wildman–Crippen MR) is 95.0 cm³/mol. The van der Waals surface area contributed by atoms with Gasteiger partial charge in [0.15, 0.2) is 11.6 Å². The first-order chi connectivity index (χ1) is 14.2. The van der Waals surface area contributed by atoms with E-state index in [-0.39, 0.29) is 35.9 Å². The molecule has 0 spiro atoms. The van der Waals surface area contributed by atoms with Gasteiger partial charge in [-0.15, -0.1) is 5.10 Å². The highest BCUT2D eigenvalue weighted by Gasteiger charge is 2.40. The van der Waals surface area contributed by atoms with Crippen LogP contribution in [-0.4, -0.2) is 45.3 Å². The van der Waals surface area contributed by atoms with E-state index in [1.54, 1.807) is 7.05 Å². The molecule has 3 atom stereocenters. The van der Waals surface area contributed by atoms with E-state index in [2.05, 4.69) is 20.3 Å². The normalized spacial score (nSPS) is 25.4. The highest BCUT2D eigenvalue weighted by Crippen LogP contribution is 2.38. The Balaban J connectivity index is 1.49. The van der Waals surface area contributed by atoms with Gasteiger partial charge in [0, 0.05) is 30.6 Å². The van der Waals surface area contributed by atoms with Crippen LogP contribution in [0.3, 0.4) is 0 Å². The standard InChI is InChI=1S/C19H21F6N5/c1-26-16-6-10(2-3-11(16)12-7-14(21)15(22)8-13(12)20)29-4-5-30-17(9-29)27-18(28-30)19(23,24)25/h7-8,10-11,16,26H,2-6,9H2,1H3/t10?,11-,16?/m1/s1. The second kappa shape index (κ2) is 7.84. The molecule has 11 heteroatoms. The van der Waals surface area contributed by atoms with Crippen molar-refractivity contribution in [3.63, 3.8) is 0 Å². The van der Waals surface area contributed by atoms with E-state index in [1.807, 2.05) is 0 Å². The summed E-state index contributed by atoms with van der Waals surface area (Å²) in [4.78, 5) is 5.70. The van der Waals surface area contributed by atoms with Crippen LogP contribution in [0.25, 0.3) is 0 Å². The maximum Gasteiger partial charge on any atom is 0.453 e. The number of alkyl halides is 3. The Morgan fingerprint density at radius 3 is 2.47 bits per heavy atom. The third-order valence-corrected chi connectivity index (χ3v) is 6.09. The van der Waals surface area contributed by atoms with Gasteiger partial charge < -0.3 is 5.32 Å². The molecule has 0 saturated heterocycles. The van der Waals surface area contributed by atoms with Gasteiger partial charge in [-0.25, -0.2) is 22.8 Å². The lowest BCUT2D eigenvalue weighted by Crippen LogP contribution is -2.49. The molecule has 2 aromatic rings. The van der Waals surface area contributed by atoms with Crippen molar-refractivity contribution in [2.75, 3.05) is 13.6 Å². The first kappa shape index (κ1) is 21.1. The average Bonchev–Trinajstić information content (AvgIpc) is 3.14. The summed E-state index contributed by atoms with van der Waals surface area (Å²) < 4.78 is 81.2. The lowest BCUT2D eigenvalue weighted by molar-refractivity contribution is -0.145. The van der Waals surface area contributed by atoms with Crippen LogP contribution in [0.15, 0.2) is 12.1 Å². The second-order valence-electron chi connectivity index (χ2n) is 7.80. The van der Waals surface area contributed by atoms with Crippen LogP contribution in [0.4, 0.5) is 26.3 Å². The fraction of sp³-hybridized carbons (Fsp3) is 0.579. The van der Waals surface area contributed by atoms with Crippen molar-refractivity contribution in [1.82, 2.24) is 25.0 Å². The van der Waals surface area contributed by atoms with E-state index < -0.39 is 29.5 Å². The lowest BCUT2D eigenvalue weighted by Gasteiger charge is -2.42. The Hall–Kier alpha value is -2.14. The van der Waals surface area contributed by atoms with E-state index >= 15 is 0 Å². The second-order valence-corrected chi connectivity index (χ2v) is 7.80. The summed E-state index contributed by atoms with van der Waals surface area (Å²) in [6.07, 6.45) is -2.80. The van der Waals surface area contributed by atoms with Crippen molar-refractivity contribution in [3.8, 4) is 0 Å². The van der Waals surface area contributed by atoms with Gasteiger partial charge in [0.25, 0.3) is 5.82 Å². The van der Waals surface area contributed by atoms with Gasteiger partial charge >= 0.3 is 6.18 Å². The zero-order valence-electron chi connectivity index (χ0n) is 16.2. The Bertz CT molecular complexity index is 927. The molecule has 1 N–H and O–H groups in total. The zero-order chi connectivity index (χ0) is 21.6. The summed E-state index contributed by atoms with van der Waals surface area (Å²) in [5.74, 6) is -4.27. The molecule has 2 heterocycles. The van der Waals surface area contributed by atoms with Crippen LogP contribution in [0, 0.1) is 17.5 Å². The summed E-state index contributed by atoms with van der Waals surface area (Å²) >= 11 is 0. The molecule has 5 nitrogen and oxygen atoms in total. The number of benzene rings is 1. The van der Waals surface area contributed by atoms with Gasteiger partial charge in [0.05, 0.1) is 13.1 Å². The van der Waals surface area contributed by atoms with Gasteiger partial charge in [0.2, 0.25) is 0 Å². The SMILES string of the molecule is CNC1CC(N2CCn3nc(C(F)(F)F)nc3C2)CC[C@@H]1c1cc(F)c(F)cc1F. The minimum absolute atomic E-state index is 0.0480. The fourth-order valence-electron chi connectivity index (χ4n) is 4.58. The van der Waals surface area contributed by atoms with E-state index in [4.69, 9.17) is 0 Å². The number of rotatable bonds is 3. The molecule has 0 bridgehead atoms. The van der Waals surface area contributed by atoms with Gasteiger partial charge in [0.1, 0.15) is 11.6 Å². The Labute approximate surface area is 169 Å². The van der Waals surface area contributed by atoms with E-state index in [0.717, 1.165) is 6.07 Å². The van der Waals surface area contributed by atoms with Crippen LogP contribution < -0.4 is 5.32 Å². The van der Waals surface area contributed by atoms with E-state index in [9.17, 15) is 26.3 Å². The van der Waals surface area contributed by atoms with Crippen molar-refractivity contribution < 1.29 is 26.3 Å². The molecule has 1 aromatic carbocycles. The quantitative estimate of drug-likeness (QED) is 0.595. The van der Waals surface area contributed by atoms with Crippen LogP contribution in [0.2, 0.25) is 0 Å². The summed E-state index contributed by atoms with van der Waals surface area (Å²) in [7, 11) is 1.72. The van der Waals surface area contributed by atoms with Crippen molar-refractivity contribution >= 4 is 0 Å². The van der Waals surface area contributed by atoms with Gasteiger partial charge in [-0.2, -0.15) is 13.2 Å². The molecular formula is C19H21F6N5. The van der Waals surface area contributed by atoms with Crippen LogP contribution in [0.5, 0.6) is 0 Å². The maximum atomic E-state index is 14.3. The monoisotopic (exact) mass is 433 g/mol. The number of hydrogen-bond donors (Lipinski definition) is 1. The Morgan fingerprint density at radius 1 is 1.03 bits per heavy atom. The molecular weight excluding hydrogens is 412 g/mol. The molecule has 1 fully saturated rings. The topological polar surface area (TPSA) is 46.0 Å². The summed E-state index contributed by atoms with van der Waals surface area (Å²) in [6, 6.07) is 1.35. The predicted octanol–water partition coefficient (Wildman–Crippen LogP) is 3.45. The molecule has 1 saturated carbocycles. The van der Waals surface area contributed by atoms with Gasteiger partial charge in [-0.3, -0.25) is 4.90 Å². The molecule has 2 unspecified atom stereocenters. The number of hydrogen-bond acceptors (Lipinski definition) is 4. The number of fused-ring (bicyclic) bond motifs is 1. The number of nitrogens with one attached hydrogen (secondary N) is 1. The van der Waals surface area contributed by atoms with Crippen molar-refractivity contribution in [3.05, 3.63) is 46.8 Å². The first-order valence-corrected chi connectivity index (χ1v) is 9.74. The van der Waals surface area contributed by atoms with E-state index in [0.29, 0.717) is 38.4 Å². The highest BCUT2D eigenvalue weighted by molar-refractivity contribution is 5.26. The summed E-state index contributed by atoms with van der Waals surface area (Å²) in [5, 5.41) is 6.68. The molecule has 4 rings (SSSR count). The maximum absolute atomic E-state index is 14.3. The summed E-state index contributed by atoms with van der Waals surface area (Å²) in [6.45, 7) is 1.08. The minimum atomic E-state index is -4.58. The molecule has 0 amide bonds. The average molecular weight is 433 g/mol. The molecule has 1 aromatic heterocycles. The Morgan fingerprint density at radius 2 is 1.77 bits per heavy atom. The number of halogens is 6. The molecule has 0 radical (unpaired) electrons. The number of likely N-dealkylation sites (N-methyl/N-ethyl adjacent to an activating group) is 1.